The second-order valence-corrected chi connectivity index (χ2v) is 7.72. The van der Waals surface area contributed by atoms with Gasteiger partial charge in [-0.3, -0.25) is 19.7 Å². The maximum atomic E-state index is 12.3. The van der Waals surface area contributed by atoms with Gasteiger partial charge < -0.3 is 14.0 Å². The van der Waals surface area contributed by atoms with Crippen molar-refractivity contribution in [3.8, 4) is 5.75 Å². The molecule has 0 spiro atoms. The highest BCUT2D eigenvalue weighted by Gasteiger charge is 2.24. The first-order valence-corrected chi connectivity index (χ1v) is 9.91. The first kappa shape index (κ1) is 22.1. The maximum Gasteiger partial charge on any atom is 0.324 e. The predicted octanol–water partition coefficient (Wildman–Crippen LogP) is 0.200. The SMILES string of the molecule is COc1ccc(S(=O)(=O)N[C@@H](C)C(=O)OCC(=O)NC(=O)c2cccn2C)cc1. The first-order chi connectivity index (χ1) is 13.6. The number of carbonyl (C=O) groups is 3. The Morgan fingerprint density at radius 2 is 1.79 bits per heavy atom. The van der Waals surface area contributed by atoms with Crippen LogP contribution >= 0.6 is 0 Å². The van der Waals surface area contributed by atoms with Crippen LogP contribution in [0.25, 0.3) is 0 Å². The molecule has 0 bridgehead atoms. The molecule has 0 aliphatic heterocycles. The van der Waals surface area contributed by atoms with Crippen LogP contribution in [0, 0.1) is 0 Å². The van der Waals surface area contributed by atoms with Gasteiger partial charge in [-0.25, -0.2) is 8.42 Å². The van der Waals surface area contributed by atoms with Crippen LogP contribution in [-0.2, 0) is 31.4 Å². The van der Waals surface area contributed by atoms with Crippen LogP contribution < -0.4 is 14.8 Å². The summed E-state index contributed by atoms with van der Waals surface area (Å²) < 4.78 is 38.0. The molecule has 0 saturated heterocycles. The quantitative estimate of drug-likeness (QED) is 0.580. The standard InChI is InChI=1S/C18H21N3O7S/c1-12(20-29(25,26)14-8-6-13(27-3)7-9-14)18(24)28-11-16(22)19-17(23)15-5-4-10-21(15)2/h4-10,12,20H,11H2,1-3H3,(H,19,22,23)/t12-/m0/s1. The number of sulfonamides is 1. The van der Waals surface area contributed by atoms with E-state index < -0.39 is 40.5 Å². The van der Waals surface area contributed by atoms with Crippen LogP contribution in [0.4, 0.5) is 0 Å². The van der Waals surface area contributed by atoms with Crippen LogP contribution in [0.3, 0.4) is 0 Å². The smallest absolute Gasteiger partial charge is 0.324 e. The molecule has 2 aromatic rings. The van der Waals surface area contributed by atoms with E-state index >= 15 is 0 Å². The highest BCUT2D eigenvalue weighted by atomic mass is 32.2. The molecule has 1 aromatic carbocycles. The molecule has 0 saturated carbocycles. The lowest BCUT2D eigenvalue weighted by Gasteiger charge is -2.14. The number of nitrogens with zero attached hydrogens (tertiary/aromatic N) is 1. The van der Waals surface area contributed by atoms with Gasteiger partial charge in [0.15, 0.2) is 6.61 Å². The summed E-state index contributed by atoms with van der Waals surface area (Å²) in [5.74, 6) is -1.97. The zero-order valence-electron chi connectivity index (χ0n) is 16.0. The van der Waals surface area contributed by atoms with Gasteiger partial charge in [0.1, 0.15) is 17.5 Å². The minimum atomic E-state index is -3.99. The molecule has 1 aromatic heterocycles. The second kappa shape index (κ2) is 9.34. The minimum Gasteiger partial charge on any atom is -0.497 e. The molecule has 0 aliphatic carbocycles. The van der Waals surface area contributed by atoms with Crippen molar-refractivity contribution in [1.29, 1.82) is 0 Å². The van der Waals surface area contributed by atoms with Crippen LogP contribution in [0.5, 0.6) is 5.75 Å². The second-order valence-electron chi connectivity index (χ2n) is 6.01. The molecule has 156 valence electrons. The summed E-state index contributed by atoms with van der Waals surface area (Å²) in [6.07, 6.45) is 1.63. The zero-order valence-corrected chi connectivity index (χ0v) is 16.9. The largest absolute Gasteiger partial charge is 0.497 e. The van der Waals surface area contributed by atoms with E-state index in [1.54, 1.807) is 19.3 Å². The number of methoxy groups -OCH3 is 1. The average Bonchev–Trinajstić information content (AvgIpc) is 3.11. The number of carbonyl (C=O) groups excluding carboxylic acids is 3. The van der Waals surface area contributed by atoms with Gasteiger partial charge in [0.25, 0.3) is 11.8 Å². The summed E-state index contributed by atoms with van der Waals surface area (Å²) >= 11 is 0. The molecule has 0 aliphatic rings. The Bertz CT molecular complexity index is 997. The Hall–Kier alpha value is -3.18. The third-order valence-electron chi connectivity index (χ3n) is 3.83. The van der Waals surface area contributed by atoms with Crippen molar-refractivity contribution >= 4 is 27.8 Å². The van der Waals surface area contributed by atoms with Gasteiger partial charge in [-0.15, -0.1) is 0 Å². The van der Waals surface area contributed by atoms with Crippen LogP contribution in [-0.4, -0.2) is 50.5 Å². The van der Waals surface area contributed by atoms with E-state index in [9.17, 15) is 22.8 Å². The lowest BCUT2D eigenvalue weighted by atomic mass is 10.3. The monoisotopic (exact) mass is 423 g/mol. The van der Waals surface area contributed by atoms with E-state index in [2.05, 4.69) is 10.0 Å². The lowest BCUT2D eigenvalue weighted by Crippen LogP contribution is -2.41. The van der Waals surface area contributed by atoms with Gasteiger partial charge >= 0.3 is 5.97 Å². The molecule has 0 radical (unpaired) electrons. The normalized spacial score (nSPS) is 12.1. The number of amides is 2. The van der Waals surface area contributed by atoms with Gasteiger partial charge in [0.2, 0.25) is 10.0 Å². The number of rotatable bonds is 8. The fourth-order valence-corrected chi connectivity index (χ4v) is 3.48. The Balaban J connectivity index is 1.87. The first-order valence-electron chi connectivity index (χ1n) is 8.42. The summed E-state index contributed by atoms with van der Waals surface area (Å²) in [6, 6.07) is 7.47. The van der Waals surface area contributed by atoms with Gasteiger partial charge in [-0.05, 0) is 43.3 Å². The molecule has 1 heterocycles. The molecule has 10 nitrogen and oxygen atoms in total. The number of benzene rings is 1. The molecule has 29 heavy (non-hydrogen) atoms. The molecule has 11 heteroatoms. The van der Waals surface area contributed by atoms with E-state index in [1.165, 1.54) is 48.9 Å². The molecule has 2 rings (SSSR count). The molecule has 2 amide bonds. The number of hydrogen-bond acceptors (Lipinski definition) is 7. The fraction of sp³-hybridized carbons (Fsp3) is 0.278. The van der Waals surface area contributed by atoms with Crippen molar-refractivity contribution in [2.75, 3.05) is 13.7 Å². The summed E-state index contributed by atoms with van der Waals surface area (Å²) in [5, 5.41) is 2.08. The fourth-order valence-electron chi connectivity index (χ4n) is 2.29. The van der Waals surface area contributed by atoms with Crippen molar-refractivity contribution < 1.29 is 32.3 Å². The van der Waals surface area contributed by atoms with Gasteiger partial charge in [0.05, 0.1) is 12.0 Å². The molecule has 0 unspecified atom stereocenters. The molecule has 0 fully saturated rings. The Morgan fingerprint density at radius 1 is 1.14 bits per heavy atom. The van der Waals surface area contributed by atoms with Gasteiger partial charge in [-0.1, -0.05) is 0 Å². The van der Waals surface area contributed by atoms with Crippen LogP contribution in [0.2, 0.25) is 0 Å². The highest BCUT2D eigenvalue weighted by molar-refractivity contribution is 7.89. The van der Waals surface area contributed by atoms with E-state index in [0.29, 0.717) is 5.75 Å². The predicted molar refractivity (Wildman–Crippen MR) is 102 cm³/mol. The zero-order chi connectivity index (χ0) is 21.6. The maximum absolute atomic E-state index is 12.3. The molecular formula is C18H21N3O7S. The third-order valence-corrected chi connectivity index (χ3v) is 5.39. The number of ether oxygens (including phenoxy) is 2. The van der Waals surface area contributed by atoms with Crippen LogP contribution in [0.1, 0.15) is 17.4 Å². The van der Waals surface area contributed by atoms with E-state index in [4.69, 9.17) is 9.47 Å². The van der Waals surface area contributed by atoms with E-state index in [1.807, 2.05) is 0 Å². The van der Waals surface area contributed by atoms with Crippen molar-refractivity contribution in [2.45, 2.75) is 17.9 Å². The summed E-state index contributed by atoms with van der Waals surface area (Å²) in [7, 11) is -0.903. The van der Waals surface area contributed by atoms with Crippen LogP contribution in [0.15, 0.2) is 47.5 Å². The Morgan fingerprint density at radius 3 is 2.34 bits per heavy atom. The molecular weight excluding hydrogens is 402 g/mol. The van der Waals surface area contributed by atoms with Gasteiger partial charge in [0, 0.05) is 13.2 Å². The van der Waals surface area contributed by atoms with Crippen molar-refractivity contribution in [3.63, 3.8) is 0 Å². The molecule has 1 atom stereocenters. The third kappa shape index (κ3) is 5.90. The number of imide groups is 1. The number of esters is 1. The minimum absolute atomic E-state index is 0.0659. The van der Waals surface area contributed by atoms with E-state index in [-0.39, 0.29) is 10.6 Å². The van der Waals surface area contributed by atoms with Crippen molar-refractivity contribution in [3.05, 3.63) is 48.3 Å². The molecule has 2 N–H and O–H groups in total. The number of aromatic nitrogens is 1. The lowest BCUT2D eigenvalue weighted by molar-refractivity contribution is -0.149. The van der Waals surface area contributed by atoms with Gasteiger partial charge in [-0.2, -0.15) is 4.72 Å². The highest BCUT2D eigenvalue weighted by Crippen LogP contribution is 2.15. The number of hydrogen-bond donors (Lipinski definition) is 2. The average molecular weight is 423 g/mol. The summed E-state index contributed by atoms with van der Waals surface area (Å²) in [6.45, 7) is 0.542. The summed E-state index contributed by atoms with van der Waals surface area (Å²) in [4.78, 5) is 35.6. The topological polar surface area (TPSA) is 133 Å². The summed E-state index contributed by atoms with van der Waals surface area (Å²) in [5.41, 5.74) is 0.255. The Kier molecular flexibility index (Phi) is 7.13. The number of aryl methyl sites for hydroxylation is 1. The Labute approximate surface area is 167 Å². The van der Waals surface area contributed by atoms with Crippen molar-refractivity contribution in [1.82, 2.24) is 14.6 Å². The number of nitrogens with one attached hydrogen (secondary N) is 2. The van der Waals surface area contributed by atoms with E-state index in [0.717, 1.165) is 0 Å². The van der Waals surface area contributed by atoms with Crippen molar-refractivity contribution in [2.24, 2.45) is 7.05 Å².